The van der Waals surface area contributed by atoms with Crippen molar-refractivity contribution in [3.05, 3.63) is 40.4 Å². The number of aromatic nitrogens is 1. The molecule has 2 heterocycles. The van der Waals surface area contributed by atoms with Crippen LogP contribution >= 0.6 is 22.9 Å². The Labute approximate surface area is 149 Å². The fourth-order valence-electron chi connectivity index (χ4n) is 2.82. The first-order valence-corrected chi connectivity index (χ1v) is 9.12. The van der Waals surface area contributed by atoms with Gasteiger partial charge in [-0.25, -0.2) is 4.98 Å². The lowest BCUT2D eigenvalue weighted by Gasteiger charge is -2.34. The molecule has 1 atom stereocenters. The Morgan fingerprint density at radius 3 is 3.00 bits per heavy atom. The van der Waals surface area contributed by atoms with E-state index in [2.05, 4.69) is 10.3 Å². The summed E-state index contributed by atoms with van der Waals surface area (Å²) in [4.78, 5) is 30.7. The average Bonchev–Trinajstić information content (AvgIpc) is 3.03. The summed E-state index contributed by atoms with van der Waals surface area (Å²) in [5, 5.41) is 6.12. The summed E-state index contributed by atoms with van der Waals surface area (Å²) < 4.78 is 0. The first kappa shape index (κ1) is 16.9. The summed E-state index contributed by atoms with van der Waals surface area (Å²) in [6, 6.07) is 7.13. The smallest absolute Gasteiger partial charge is 0.242 e. The van der Waals surface area contributed by atoms with E-state index in [4.69, 9.17) is 11.6 Å². The number of hydrogen-bond acceptors (Lipinski definition) is 4. The molecule has 7 heteroatoms. The van der Waals surface area contributed by atoms with Crippen molar-refractivity contribution < 1.29 is 9.59 Å². The number of carbonyl (C=O) groups is 2. The summed E-state index contributed by atoms with van der Waals surface area (Å²) in [6.07, 6.45) is 0.810. The fourth-order valence-corrected chi connectivity index (χ4v) is 3.96. The Balaban J connectivity index is 1.74. The largest absolute Gasteiger partial charge is 0.353 e. The number of carbonyl (C=O) groups excluding carboxylic acids is 2. The van der Waals surface area contributed by atoms with Gasteiger partial charge in [0.2, 0.25) is 11.8 Å². The van der Waals surface area contributed by atoms with E-state index in [1.807, 2.05) is 36.6 Å². The van der Waals surface area contributed by atoms with Crippen LogP contribution in [0.1, 0.15) is 19.0 Å². The number of piperazine rings is 1. The van der Waals surface area contributed by atoms with Crippen molar-refractivity contribution in [3.8, 4) is 10.6 Å². The molecule has 1 aliphatic heterocycles. The maximum atomic E-state index is 12.6. The molecule has 1 aromatic carbocycles. The number of benzene rings is 1. The molecule has 24 heavy (non-hydrogen) atoms. The summed E-state index contributed by atoms with van der Waals surface area (Å²) in [7, 11) is 0. The minimum absolute atomic E-state index is 0.0623. The lowest BCUT2D eigenvalue weighted by atomic mass is 10.1. The highest BCUT2D eigenvalue weighted by atomic mass is 35.5. The fraction of sp³-hybridized carbons (Fsp3) is 0.353. The molecule has 2 amide bonds. The molecule has 1 aromatic heterocycles. The third-order valence-corrected chi connectivity index (χ3v) is 5.28. The molecule has 126 valence electrons. The third-order valence-electron chi connectivity index (χ3n) is 4.03. The highest BCUT2D eigenvalue weighted by molar-refractivity contribution is 7.13. The van der Waals surface area contributed by atoms with Gasteiger partial charge in [0.15, 0.2) is 0 Å². The second kappa shape index (κ2) is 7.32. The van der Waals surface area contributed by atoms with Crippen LogP contribution in [0.4, 0.5) is 0 Å². The van der Waals surface area contributed by atoms with E-state index in [0.29, 0.717) is 30.2 Å². The van der Waals surface area contributed by atoms with Crippen molar-refractivity contribution in [2.45, 2.75) is 25.8 Å². The molecular formula is C17H18ClN3O2S. The van der Waals surface area contributed by atoms with Gasteiger partial charge < -0.3 is 10.2 Å². The molecule has 5 nitrogen and oxygen atoms in total. The van der Waals surface area contributed by atoms with E-state index in [1.54, 1.807) is 4.90 Å². The van der Waals surface area contributed by atoms with Crippen molar-refractivity contribution >= 4 is 34.8 Å². The van der Waals surface area contributed by atoms with Crippen LogP contribution in [0.3, 0.4) is 0 Å². The average molecular weight is 364 g/mol. The quantitative estimate of drug-likeness (QED) is 0.908. The number of hydrogen-bond donors (Lipinski definition) is 1. The zero-order valence-corrected chi connectivity index (χ0v) is 14.9. The van der Waals surface area contributed by atoms with Crippen LogP contribution < -0.4 is 5.32 Å². The van der Waals surface area contributed by atoms with Gasteiger partial charge in [-0.2, -0.15) is 0 Å². The molecule has 3 rings (SSSR count). The van der Waals surface area contributed by atoms with Crippen molar-refractivity contribution in [1.82, 2.24) is 15.2 Å². The maximum absolute atomic E-state index is 12.6. The van der Waals surface area contributed by atoms with Gasteiger partial charge in [-0.1, -0.05) is 36.7 Å². The van der Waals surface area contributed by atoms with Crippen LogP contribution in [-0.4, -0.2) is 40.8 Å². The molecule has 0 radical (unpaired) electrons. The predicted molar refractivity (Wildman–Crippen MR) is 95.1 cm³/mol. The first-order valence-electron chi connectivity index (χ1n) is 7.86. The molecule has 1 aliphatic rings. The molecule has 0 bridgehead atoms. The lowest BCUT2D eigenvalue weighted by molar-refractivity contribution is -0.142. The standard InChI is InChI=1S/C17H18ClN3O2S/c1-2-14-16(23)19-7-8-21(14)15(22)9-11-10-24-17(20-11)12-5-3-4-6-13(12)18/h3-6,10,14H,2,7-9H2,1H3,(H,19,23). The van der Waals surface area contributed by atoms with E-state index < -0.39 is 0 Å². The Hall–Kier alpha value is -1.92. The zero-order valence-electron chi connectivity index (χ0n) is 13.3. The van der Waals surface area contributed by atoms with Gasteiger partial charge in [0.1, 0.15) is 11.0 Å². The highest BCUT2D eigenvalue weighted by Gasteiger charge is 2.31. The molecule has 0 spiro atoms. The van der Waals surface area contributed by atoms with Gasteiger partial charge in [0.25, 0.3) is 0 Å². The Kier molecular flexibility index (Phi) is 5.16. The maximum Gasteiger partial charge on any atom is 0.242 e. The number of nitrogens with one attached hydrogen (secondary N) is 1. The summed E-state index contributed by atoms with van der Waals surface area (Å²) in [6.45, 7) is 2.96. The summed E-state index contributed by atoms with van der Waals surface area (Å²) >= 11 is 7.66. The van der Waals surface area contributed by atoms with E-state index in [0.717, 1.165) is 10.6 Å². The molecule has 1 saturated heterocycles. The minimum Gasteiger partial charge on any atom is -0.353 e. The van der Waals surface area contributed by atoms with Crippen LogP contribution in [0.25, 0.3) is 10.6 Å². The third kappa shape index (κ3) is 3.44. The zero-order chi connectivity index (χ0) is 17.1. The van der Waals surface area contributed by atoms with Gasteiger partial charge in [-0.3, -0.25) is 9.59 Å². The highest BCUT2D eigenvalue weighted by Crippen LogP contribution is 2.30. The van der Waals surface area contributed by atoms with Crippen molar-refractivity contribution in [2.75, 3.05) is 13.1 Å². The molecule has 1 N–H and O–H groups in total. The molecular weight excluding hydrogens is 346 g/mol. The second-order valence-electron chi connectivity index (χ2n) is 5.60. The van der Waals surface area contributed by atoms with Gasteiger partial charge in [-0.15, -0.1) is 11.3 Å². The molecule has 2 aromatic rings. The SMILES string of the molecule is CCC1C(=O)NCCN1C(=O)Cc1csc(-c2ccccc2Cl)n1. The van der Waals surface area contributed by atoms with Crippen LogP contribution in [0.15, 0.2) is 29.6 Å². The number of amides is 2. The van der Waals surface area contributed by atoms with Crippen LogP contribution in [-0.2, 0) is 16.0 Å². The van der Waals surface area contributed by atoms with E-state index in [9.17, 15) is 9.59 Å². The molecule has 1 unspecified atom stereocenters. The van der Waals surface area contributed by atoms with Gasteiger partial charge in [0.05, 0.1) is 17.1 Å². The minimum atomic E-state index is -0.382. The molecule has 0 saturated carbocycles. The van der Waals surface area contributed by atoms with Crippen molar-refractivity contribution in [1.29, 1.82) is 0 Å². The van der Waals surface area contributed by atoms with Crippen molar-refractivity contribution in [2.24, 2.45) is 0 Å². The van der Waals surface area contributed by atoms with Crippen LogP contribution in [0, 0.1) is 0 Å². The number of halogens is 1. The summed E-state index contributed by atoms with van der Waals surface area (Å²) in [5.74, 6) is -0.139. The number of thiazole rings is 1. The summed E-state index contributed by atoms with van der Waals surface area (Å²) in [5.41, 5.74) is 1.58. The number of nitrogens with zero attached hydrogens (tertiary/aromatic N) is 2. The second-order valence-corrected chi connectivity index (χ2v) is 6.87. The van der Waals surface area contributed by atoms with Crippen LogP contribution in [0.5, 0.6) is 0 Å². The normalized spacial score (nSPS) is 17.7. The van der Waals surface area contributed by atoms with Crippen LogP contribution in [0.2, 0.25) is 5.02 Å². The van der Waals surface area contributed by atoms with Gasteiger partial charge in [-0.05, 0) is 12.5 Å². The predicted octanol–water partition coefficient (Wildman–Crippen LogP) is 2.74. The van der Waals surface area contributed by atoms with Crippen molar-refractivity contribution in [3.63, 3.8) is 0 Å². The Morgan fingerprint density at radius 2 is 2.25 bits per heavy atom. The van der Waals surface area contributed by atoms with Gasteiger partial charge >= 0.3 is 0 Å². The van der Waals surface area contributed by atoms with E-state index in [1.165, 1.54) is 11.3 Å². The molecule has 1 fully saturated rings. The Morgan fingerprint density at radius 1 is 1.46 bits per heavy atom. The topological polar surface area (TPSA) is 62.3 Å². The van der Waals surface area contributed by atoms with Gasteiger partial charge in [0, 0.05) is 24.0 Å². The lowest BCUT2D eigenvalue weighted by Crippen LogP contribution is -2.57. The Bertz CT molecular complexity index is 762. The molecule has 0 aliphatic carbocycles. The monoisotopic (exact) mass is 363 g/mol. The number of rotatable bonds is 4. The van der Waals surface area contributed by atoms with E-state index >= 15 is 0 Å². The van der Waals surface area contributed by atoms with E-state index in [-0.39, 0.29) is 24.3 Å². The first-order chi connectivity index (χ1) is 11.6.